The summed E-state index contributed by atoms with van der Waals surface area (Å²) in [6.07, 6.45) is 11.0. The molecular formula is C20H31F. The zero-order valence-corrected chi connectivity index (χ0v) is 13.8. The Morgan fingerprint density at radius 2 is 1.67 bits per heavy atom. The van der Waals surface area contributed by atoms with Crippen molar-refractivity contribution in [3.05, 3.63) is 35.4 Å². The van der Waals surface area contributed by atoms with Crippen LogP contribution in [0, 0.1) is 5.92 Å². The molecular weight excluding hydrogens is 259 g/mol. The van der Waals surface area contributed by atoms with Crippen molar-refractivity contribution in [1.82, 2.24) is 0 Å². The van der Waals surface area contributed by atoms with E-state index in [1.54, 1.807) is 0 Å². The first kappa shape index (κ1) is 16.5. The summed E-state index contributed by atoms with van der Waals surface area (Å²) in [5, 5.41) is 0. The molecule has 0 atom stereocenters. The number of hydrogen-bond acceptors (Lipinski definition) is 0. The predicted octanol–water partition coefficient (Wildman–Crippen LogP) is 6.57. The molecule has 0 unspecified atom stereocenters. The minimum atomic E-state index is -1.06. The second-order valence-electron chi connectivity index (χ2n) is 6.85. The van der Waals surface area contributed by atoms with Crippen molar-refractivity contribution in [2.45, 2.75) is 83.7 Å². The first-order valence-corrected chi connectivity index (χ1v) is 8.96. The molecule has 1 aromatic rings. The van der Waals surface area contributed by atoms with Gasteiger partial charge in [0.15, 0.2) is 0 Å². The van der Waals surface area contributed by atoms with Crippen LogP contribution in [-0.2, 0) is 12.1 Å². The fourth-order valence-electron chi connectivity index (χ4n) is 3.67. The molecule has 0 saturated heterocycles. The Morgan fingerprint density at radius 1 is 1.00 bits per heavy atom. The third-order valence-corrected chi connectivity index (χ3v) is 5.13. The Morgan fingerprint density at radius 3 is 2.24 bits per heavy atom. The summed E-state index contributed by atoms with van der Waals surface area (Å²) in [5.41, 5.74) is 1.21. The number of aryl methyl sites for hydroxylation is 1. The van der Waals surface area contributed by atoms with Crippen LogP contribution in [0.25, 0.3) is 0 Å². The first-order valence-electron chi connectivity index (χ1n) is 8.96. The Labute approximate surface area is 130 Å². The lowest BCUT2D eigenvalue weighted by Crippen LogP contribution is -2.27. The van der Waals surface area contributed by atoms with Crippen LogP contribution in [0.1, 0.15) is 82.8 Å². The average Bonchev–Trinajstić information content (AvgIpc) is 2.51. The molecule has 21 heavy (non-hydrogen) atoms. The van der Waals surface area contributed by atoms with Crippen LogP contribution in [0.5, 0.6) is 0 Å². The molecule has 1 aromatic carbocycles. The van der Waals surface area contributed by atoms with Gasteiger partial charge in [0.1, 0.15) is 5.67 Å². The van der Waals surface area contributed by atoms with Crippen LogP contribution in [0.2, 0.25) is 0 Å². The maximum atomic E-state index is 15.2. The molecule has 1 saturated carbocycles. The van der Waals surface area contributed by atoms with Crippen molar-refractivity contribution >= 4 is 0 Å². The normalized spacial score (nSPS) is 26.0. The van der Waals surface area contributed by atoms with Gasteiger partial charge < -0.3 is 0 Å². The van der Waals surface area contributed by atoms with Crippen LogP contribution >= 0.6 is 0 Å². The molecule has 0 aliphatic heterocycles. The van der Waals surface area contributed by atoms with Crippen LogP contribution in [0.4, 0.5) is 4.39 Å². The quantitative estimate of drug-likeness (QED) is 0.498. The van der Waals surface area contributed by atoms with E-state index in [1.165, 1.54) is 37.7 Å². The molecule has 118 valence electrons. The fraction of sp³-hybridized carbons (Fsp3) is 0.700. The van der Waals surface area contributed by atoms with E-state index in [0.717, 1.165) is 30.7 Å². The lowest BCUT2D eigenvalue weighted by molar-refractivity contribution is 0.0792. The van der Waals surface area contributed by atoms with E-state index in [2.05, 4.69) is 26.0 Å². The number of alkyl halides is 1. The maximum absolute atomic E-state index is 15.2. The summed E-state index contributed by atoms with van der Waals surface area (Å²) in [6, 6.07) is 8.37. The summed E-state index contributed by atoms with van der Waals surface area (Å²) < 4.78 is 15.2. The predicted molar refractivity (Wildman–Crippen MR) is 89.3 cm³/mol. The van der Waals surface area contributed by atoms with Crippen molar-refractivity contribution in [2.24, 2.45) is 5.92 Å². The minimum absolute atomic E-state index is 0.715. The number of hydrogen-bond donors (Lipinski definition) is 0. The van der Waals surface area contributed by atoms with Crippen molar-refractivity contribution in [3.63, 3.8) is 0 Å². The van der Waals surface area contributed by atoms with Crippen molar-refractivity contribution in [3.8, 4) is 0 Å². The van der Waals surface area contributed by atoms with E-state index in [4.69, 9.17) is 0 Å². The van der Waals surface area contributed by atoms with Gasteiger partial charge in [0.05, 0.1) is 0 Å². The molecule has 0 aromatic heterocycles. The highest BCUT2D eigenvalue weighted by molar-refractivity contribution is 5.28. The molecule has 0 bridgehead atoms. The summed E-state index contributed by atoms with van der Waals surface area (Å²) in [5.74, 6) is 0.757. The highest BCUT2D eigenvalue weighted by atomic mass is 19.1. The van der Waals surface area contributed by atoms with Crippen molar-refractivity contribution in [1.29, 1.82) is 0 Å². The third kappa shape index (κ3) is 4.56. The molecule has 0 N–H and O–H groups in total. The van der Waals surface area contributed by atoms with Gasteiger partial charge in [-0.3, -0.25) is 0 Å². The molecule has 1 fully saturated rings. The van der Waals surface area contributed by atoms with E-state index < -0.39 is 5.67 Å². The number of rotatable bonds is 7. The highest BCUT2D eigenvalue weighted by Crippen LogP contribution is 2.43. The molecule has 0 amide bonds. The van der Waals surface area contributed by atoms with E-state index >= 15 is 4.39 Å². The second kappa shape index (κ2) is 7.96. The maximum Gasteiger partial charge on any atom is 0.136 e. The van der Waals surface area contributed by atoms with Gasteiger partial charge in [-0.15, -0.1) is 0 Å². The van der Waals surface area contributed by atoms with E-state index in [0.29, 0.717) is 12.8 Å². The molecule has 0 nitrogen and oxygen atoms in total. The number of benzene rings is 1. The number of unbranched alkanes of at least 4 members (excludes halogenated alkanes) is 2. The molecule has 0 heterocycles. The summed E-state index contributed by atoms with van der Waals surface area (Å²) in [7, 11) is 0. The Bertz CT molecular complexity index is 398. The van der Waals surface area contributed by atoms with Gasteiger partial charge in [-0.1, -0.05) is 63.8 Å². The average molecular weight is 290 g/mol. The second-order valence-corrected chi connectivity index (χ2v) is 6.85. The van der Waals surface area contributed by atoms with Crippen LogP contribution in [-0.4, -0.2) is 0 Å². The molecule has 0 spiro atoms. The Hall–Kier alpha value is -0.850. The van der Waals surface area contributed by atoms with Crippen molar-refractivity contribution < 1.29 is 4.39 Å². The molecule has 1 aliphatic carbocycles. The van der Waals surface area contributed by atoms with Gasteiger partial charge in [-0.05, 0) is 55.6 Å². The van der Waals surface area contributed by atoms with E-state index in [9.17, 15) is 0 Å². The Balaban J connectivity index is 1.92. The van der Waals surface area contributed by atoms with Gasteiger partial charge in [0.25, 0.3) is 0 Å². The van der Waals surface area contributed by atoms with Gasteiger partial charge in [-0.2, -0.15) is 0 Å². The molecule has 0 radical (unpaired) electrons. The summed E-state index contributed by atoms with van der Waals surface area (Å²) in [4.78, 5) is 0. The summed E-state index contributed by atoms with van der Waals surface area (Å²) >= 11 is 0. The lowest BCUT2D eigenvalue weighted by atomic mass is 9.75. The SMILES string of the molecule is CCCCCc1ccc(C2(F)CCC(CCC)CC2)cc1. The largest absolute Gasteiger partial charge is 0.239 e. The van der Waals surface area contributed by atoms with Crippen LogP contribution in [0.3, 0.4) is 0 Å². The standard InChI is InChI=1S/C20H31F/c1-3-5-6-8-18-9-11-19(12-10-18)20(21)15-13-17(7-4-2)14-16-20/h9-12,17H,3-8,13-16H2,1-2H3. The molecule has 2 rings (SSSR count). The van der Waals surface area contributed by atoms with Gasteiger partial charge in [-0.25, -0.2) is 4.39 Å². The van der Waals surface area contributed by atoms with Gasteiger partial charge in [0.2, 0.25) is 0 Å². The Kier molecular flexibility index (Phi) is 6.26. The van der Waals surface area contributed by atoms with Crippen LogP contribution < -0.4 is 0 Å². The minimum Gasteiger partial charge on any atom is -0.239 e. The number of halogens is 1. The van der Waals surface area contributed by atoms with E-state index in [1.807, 2.05) is 12.1 Å². The zero-order chi connectivity index (χ0) is 15.1. The van der Waals surface area contributed by atoms with Crippen LogP contribution in [0.15, 0.2) is 24.3 Å². The van der Waals surface area contributed by atoms with E-state index in [-0.39, 0.29) is 0 Å². The van der Waals surface area contributed by atoms with Crippen molar-refractivity contribution in [2.75, 3.05) is 0 Å². The molecule has 1 heteroatoms. The third-order valence-electron chi connectivity index (χ3n) is 5.13. The van der Waals surface area contributed by atoms with Gasteiger partial charge in [0, 0.05) is 0 Å². The topological polar surface area (TPSA) is 0 Å². The summed E-state index contributed by atoms with van der Waals surface area (Å²) in [6.45, 7) is 4.46. The first-order chi connectivity index (χ1) is 10.2. The lowest BCUT2D eigenvalue weighted by Gasteiger charge is -2.34. The monoisotopic (exact) mass is 290 g/mol. The van der Waals surface area contributed by atoms with Gasteiger partial charge >= 0.3 is 0 Å². The highest BCUT2D eigenvalue weighted by Gasteiger charge is 2.36. The zero-order valence-electron chi connectivity index (χ0n) is 13.8. The smallest absolute Gasteiger partial charge is 0.136 e. The molecule has 1 aliphatic rings. The fourth-order valence-corrected chi connectivity index (χ4v) is 3.67.